The number of H-pyrrole nitrogens is 1. The van der Waals surface area contributed by atoms with Gasteiger partial charge < -0.3 is 9.84 Å². The Balaban J connectivity index is 1.65. The van der Waals surface area contributed by atoms with E-state index in [0.717, 1.165) is 0 Å². The van der Waals surface area contributed by atoms with Gasteiger partial charge in [-0.2, -0.15) is 10.1 Å². The molecule has 0 aliphatic rings. The van der Waals surface area contributed by atoms with Gasteiger partial charge in [0.05, 0.1) is 5.56 Å². The molecule has 0 saturated heterocycles. The van der Waals surface area contributed by atoms with Gasteiger partial charge in [-0.1, -0.05) is 17.3 Å². The van der Waals surface area contributed by atoms with Crippen LogP contribution in [0.15, 0.2) is 51.9 Å². The van der Waals surface area contributed by atoms with E-state index >= 15 is 0 Å². The lowest BCUT2D eigenvalue weighted by atomic mass is 10.2. The first-order valence-corrected chi connectivity index (χ1v) is 7.40. The van der Waals surface area contributed by atoms with E-state index in [2.05, 4.69) is 25.7 Å². The lowest BCUT2D eigenvalue weighted by Gasteiger charge is -2.06. The number of amides is 1. The second-order valence-corrected chi connectivity index (χ2v) is 5.32. The first-order chi connectivity index (χ1) is 12.1. The van der Waals surface area contributed by atoms with Gasteiger partial charge in [0.15, 0.2) is 5.65 Å². The smallest absolute Gasteiger partial charge is 0.339 e. The third kappa shape index (κ3) is 2.67. The standard InChI is InChI=1S/C16H12N6O3/c1-9-17-13(21-25-9)10-4-2-5-11(8-10)18-15(23)12-6-3-7-22-14(12)19-20-16(22)24/h2-8H,1H3,(H,18,23)(H,20,24). The summed E-state index contributed by atoms with van der Waals surface area (Å²) in [5.74, 6) is 0.515. The minimum Gasteiger partial charge on any atom is -0.339 e. The van der Waals surface area contributed by atoms with Gasteiger partial charge in [-0.3, -0.25) is 4.79 Å². The Kier molecular flexibility index (Phi) is 3.38. The molecule has 124 valence electrons. The van der Waals surface area contributed by atoms with Crippen molar-refractivity contribution in [3.63, 3.8) is 0 Å². The molecule has 0 aliphatic carbocycles. The zero-order valence-electron chi connectivity index (χ0n) is 13.1. The van der Waals surface area contributed by atoms with E-state index in [-0.39, 0.29) is 17.1 Å². The van der Waals surface area contributed by atoms with Crippen molar-refractivity contribution in [3.8, 4) is 11.4 Å². The van der Waals surface area contributed by atoms with Crippen molar-refractivity contribution < 1.29 is 9.32 Å². The summed E-state index contributed by atoms with van der Waals surface area (Å²) in [6, 6.07) is 10.3. The number of aromatic amines is 1. The number of nitrogens with one attached hydrogen (secondary N) is 2. The van der Waals surface area contributed by atoms with Gasteiger partial charge in [0, 0.05) is 24.4 Å². The second kappa shape index (κ2) is 5.71. The number of aromatic nitrogens is 5. The molecular weight excluding hydrogens is 324 g/mol. The number of benzene rings is 1. The number of hydrogen-bond donors (Lipinski definition) is 2. The molecule has 1 amide bonds. The monoisotopic (exact) mass is 336 g/mol. The van der Waals surface area contributed by atoms with Crippen LogP contribution in [-0.2, 0) is 0 Å². The molecule has 4 aromatic rings. The summed E-state index contributed by atoms with van der Waals surface area (Å²) in [6.07, 6.45) is 1.54. The third-order valence-electron chi connectivity index (χ3n) is 3.59. The van der Waals surface area contributed by atoms with Crippen LogP contribution in [0, 0.1) is 6.92 Å². The van der Waals surface area contributed by atoms with Gasteiger partial charge >= 0.3 is 5.69 Å². The van der Waals surface area contributed by atoms with Crippen molar-refractivity contribution in [1.29, 1.82) is 0 Å². The quantitative estimate of drug-likeness (QED) is 0.587. The van der Waals surface area contributed by atoms with Crippen LogP contribution in [0.2, 0.25) is 0 Å². The summed E-state index contributed by atoms with van der Waals surface area (Å²) in [4.78, 5) is 28.3. The van der Waals surface area contributed by atoms with Gasteiger partial charge in [-0.15, -0.1) is 0 Å². The van der Waals surface area contributed by atoms with Gasteiger partial charge in [-0.05, 0) is 24.3 Å². The molecule has 0 spiro atoms. The van der Waals surface area contributed by atoms with Crippen molar-refractivity contribution in [2.45, 2.75) is 6.92 Å². The third-order valence-corrected chi connectivity index (χ3v) is 3.59. The molecule has 0 atom stereocenters. The molecule has 9 nitrogen and oxygen atoms in total. The fourth-order valence-electron chi connectivity index (χ4n) is 2.46. The van der Waals surface area contributed by atoms with Crippen LogP contribution < -0.4 is 11.0 Å². The molecule has 4 rings (SSSR count). The second-order valence-electron chi connectivity index (χ2n) is 5.32. The normalized spacial score (nSPS) is 10.9. The highest BCUT2D eigenvalue weighted by Crippen LogP contribution is 2.20. The number of carbonyl (C=O) groups excluding carboxylic acids is 1. The molecule has 2 N–H and O–H groups in total. The van der Waals surface area contributed by atoms with Crippen molar-refractivity contribution in [1.82, 2.24) is 24.7 Å². The minimum atomic E-state index is -0.404. The molecule has 3 aromatic heterocycles. The van der Waals surface area contributed by atoms with Gasteiger partial charge in [0.2, 0.25) is 11.7 Å². The Morgan fingerprint density at radius 3 is 2.96 bits per heavy atom. The van der Waals surface area contributed by atoms with Crippen LogP contribution >= 0.6 is 0 Å². The van der Waals surface area contributed by atoms with Gasteiger partial charge in [0.1, 0.15) is 0 Å². The van der Waals surface area contributed by atoms with Crippen LogP contribution in [0.5, 0.6) is 0 Å². The minimum absolute atomic E-state index is 0.259. The van der Waals surface area contributed by atoms with Crippen molar-refractivity contribution in [2.75, 3.05) is 5.32 Å². The fraction of sp³-hybridized carbons (Fsp3) is 0.0625. The molecule has 3 heterocycles. The van der Waals surface area contributed by atoms with E-state index in [1.54, 1.807) is 37.3 Å². The summed E-state index contributed by atoms with van der Waals surface area (Å²) in [7, 11) is 0. The largest absolute Gasteiger partial charge is 0.347 e. The number of anilines is 1. The average Bonchev–Trinajstić information content (AvgIpc) is 3.21. The van der Waals surface area contributed by atoms with E-state index in [1.165, 1.54) is 10.6 Å². The number of aryl methyl sites for hydroxylation is 1. The highest BCUT2D eigenvalue weighted by molar-refractivity contribution is 6.08. The van der Waals surface area contributed by atoms with Crippen LogP contribution in [0.25, 0.3) is 17.0 Å². The van der Waals surface area contributed by atoms with E-state index in [4.69, 9.17) is 4.52 Å². The Labute approximate surface area is 140 Å². The number of carbonyl (C=O) groups is 1. The first kappa shape index (κ1) is 14.8. The Bertz CT molecular complexity index is 1140. The number of hydrogen-bond acceptors (Lipinski definition) is 6. The van der Waals surface area contributed by atoms with E-state index < -0.39 is 5.69 Å². The molecule has 0 saturated carbocycles. The maximum absolute atomic E-state index is 12.6. The topological polar surface area (TPSA) is 118 Å². The molecule has 0 radical (unpaired) electrons. The molecule has 0 fully saturated rings. The zero-order valence-corrected chi connectivity index (χ0v) is 13.1. The molecule has 0 unspecified atom stereocenters. The Hall–Kier alpha value is -3.75. The lowest BCUT2D eigenvalue weighted by molar-refractivity contribution is 0.102. The van der Waals surface area contributed by atoms with E-state index in [0.29, 0.717) is 23.0 Å². The summed E-state index contributed by atoms with van der Waals surface area (Å²) in [5.41, 5.74) is 1.41. The summed E-state index contributed by atoms with van der Waals surface area (Å²) >= 11 is 0. The predicted molar refractivity (Wildman–Crippen MR) is 88.2 cm³/mol. The fourth-order valence-corrected chi connectivity index (χ4v) is 2.46. The zero-order chi connectivity index (χ0) is 17.4. The van der Waals surface area contributed by atoms with E-state index in [9.17, 15) is 9.59 Å². The molecule has 1 aromatic carbocycles. The molecule has 9 heteroatoms. The van der Waals surface area contributed by atoms with Crippen LogP contribution in [-0.4, -0.2) is 30.6 Å². The van der Waals surface area contributed by atoms with Gasteiger partial charge in [-0.25, -0.2) is 14.3 Å². The number of pyridine rings is 1. The highest BCUT2D eigenvalue weighted by Gasteiger charge is 2.14. The summed E-state index contributed by atoms with van der Waals surface area (Å²) in [6.45, 7) is 1.70. The average molecular weight is 336 g/mol. The summed E-state index contributed by atoms with van der Waals surface area (Å²) < 4.78 is 6.24. The SMILES string of the molecule is Cc1nc(-c2cccc(NC(=O)c3cccn4c(=O)[nH]nc34)c2)no1. The van der Waals surface area contributed by atoms with Crippen molar-refractivity contribution >= 4 is 17.2 Å². The first-order valence-electron chi connectivity index (χ1n) is 7.40. The lowest BCUT2D eigenvalue weighted by Crippen LogP contribution is -2.15. The van der Waals surface area contributed by atoms with Crippen LogP contribution in [0.3, 0.4) is 0 Å². The molecule has 0 aliphatic heterocycles. The van der Waals surface area contributed by atoms with E-state index in [1.807, 2.05) is 6.07 Å². The Morgan fingerprint density at radius 2 is 2.16 bits per heavy atom. The van der Waals surface area contributed by atoms with Gasteiger partial charge in [0.25, 0.3) is 5.91 Å². The number of nitrogens with zero attached hydrogens (tertiary/aromatic N) is 4. The number of rotatable bonds is 3. The maximum atomic E-state index is 12.6. The summed E-state index contributed by atoms with van der Waals surface area (Å²) in [5, 5.41) is 12.8. The molecular formula is C16H12N6O3. The molecule has 25 heavy (non-hydrogen) atoms. The molecule has 0 bridgehead atoms. The highest BCUT2D eigenvalue weighted by atomic mass is 16.5. The maximum Gasteiger partial charge on any atom is 0.347 e. The van der Waals surface area contributed by atoms with Crippen molar-refractivity contribution in [2.24, 2.45) is 0 Å². The number of fused-ring (bicyclic) bond motifs is 1. The predicted octanol–water partition coefficient (Wildman–Crippen LogP) is 1.63. The van der Waals surface area contributed by atoms with Crippen LogP contribution in [0.1, 0.15) is 16.2 Å². The Morgan fingerprint density at radius 1 is 1.28 bits per heavy atom. The van der Waals surface area contributed by atoms with Crippen molar-refractivity contribution in [3.05, 3.63) is 64.5 Å². The van der Waals surface area contributed by atoms with Crippen LogP contribution in [0.4, 0.5) is 5.69 Å².